The highest BCUT2D eigenvalue weighted by Crippen LogP contribution is 2.33. The molecule has 0 saturated heterocycles. The maximum atomic E-state index is 13.2. The summed E-state index contributed by atoms with van der Waals surface area (Å²) in [6, 6.07) is 21.5. The summed E-state index contributed by atoms with van der Waals surface area (Å²) in [5.41, 5.74) is 2.26. The van der Waals surface area contributed by atoms with E-state index < -0.39 is 0 Å². The van der Waals surface area contributed by atoms with E-state index in [1.807, 2.05) is 59.1 Å². The molecule has 23 heavy (non-hydrogen) atoms. The molecule has 0 atom stereocenters. The Labute approximate surface area is 132 Å². The van der Waals surface area contributed by atoms with Crippen LogP contribution in [0.3, 0.4) is 0 Å². The van der Waals surface area contributed by atoms with Gasteiger partial charge in [-0.25, -0.2) is 9.37 Å². The predicted molar refractivity (Wildman–Crippen MR) is 87.1 cm³/mol. The summed E-state index contributed by atoms with van der Waals surface area (Å²) >= 11 is 0. The van der Waals surface area contributed by atoms with Gasteiger partial charge in [0.25, 0.3) is 0 Å². The Balaban J connectivity index is 1.89. The number of nitrogens with zero attached hydrogens (tertiary/aromatic N) is 2. The molecule has 4 rings (SSSR count). The van der Waals surface area contributed by atoms with E-state index >= 15 is 0 Å². The summed E-state index contributed by atoms with van der Waals surface area (Å²) in [5, 5.41) is 0. The normalized spacial score (nSPS) is 10.8. The van der Waals surface area contributed by atoms with Crippen LogP contribution in [0.5, 0.6) is 11.6 Å². The zero-order valence-electron chi connectivity index (χ0n) is 12.2. The fourth-order valence-corrected chi connectivity index (χ4v) is 2.47. The molecule has 0 aliphatic rings. The second kappa shape index (κ2) is 5.57. The van der Waals surface area contributed by atoms with E-state index in [0.717, 1.165) is 17.0 Å². The average molecular weight is 304 g/mol. The molecule has 0 fully saturated rings. The van der Waals surface area contributed by atoms with Gasteiger partial charge < -0.3 is 4.74 Å². The number of fused-ring (bicyclic) bond motifs is 1. The zero-order valence-corrected chi connectivity index (χ0v) is 12.2. The third kappa shape index (κ3) is 2.55. The number of hydrogen-bond acceptors (Lipinski definition) is 2. The van der Waals surface area contributed by atoms with Crippen molar-refractivity contribution in [3.05, 3.63) is 84.8 Å². The van der Waals surface area contributed by atoms with E-state index in [1.54, 1.807) is 12.1 Å². The fraction of sp³-hybridized carbons (Fsp3) is 0. The predicted octanol–water partition coefficient (Wildman–Crippen LogP) is 4.93. The Bertz CT molecular complexity index is 946. The summed E-state index contributed by atoms with van der Waals surface area (Å²) < 4.78 is 21.1. The van der Waals surface area contributed by atoms with E-state index in [1.165, 1.54) is 12.1 Å². The molecule has 3 nitrogen and oxygen atoms in total. The van der Waals surface area contributed by atoms with Crippen LogP contribution in [0.1, 0.15) is 0 Å². The minimum absolute atomic E-state index is 0.275. The van der Waals surface area contributed by atoms with Crippen LogP contribution in [0.25, 0.3) is 16.9 Å². The van der Waals surface area contributed by atoms with Crippen molar-refractivity contribution in [2.45, 2.75) is 0 Å². The highest BCUT2D eigenvalue weighted by molar-refractivity contribution is 5.69. The van der Waals surface area contributed by atoms with E-state index in [-0.39, 0.29) is 5.82 Å². The monoisotopic (exact) mass is 304 g/mol. The van der Waals surface area contributed by atoms with Crippen molar-refractivity contribution in [3.63, 3.8) is 0 Å². The van der Waals surface area contributed by atoms with Crippen molar-refractivity contribution < 1.29 is 9.13 Å². The highest BCUT2D eigenvalue weighted by Gasteiger charge is 2.16. The number of pyridine rings is 1. The summed E-state index contributed by atoms with van der Waals surface area (Å²) in [7, 11) is 0. The number of aromatic nitrogens is 2. The number of hydrogen-bond donors (Lipinski definition) is 0. The average Bonchev–Trinajstić information content (AvgIpc) is 2.95. The van der Waals surface area contributed by atoms with Crippen molar-refractivity contribution in [2.75, 3.05) is 0 Å². The van der Waals surface area contributed by atoms with Crippen LogP contribution in [0, 0.1) is 5.82 Å². The highest BCUT2D eigenvalue weighted by atomic mass is 19.1. The fourth-order valence-electron chi connectivity index (χ4n) is 2.47. The minimum atomic E-state index is -0.275. The molecule has 0 aliphatic heterocycles. The molecule has 0 bridgehead atoms. The molecular weight excluding hydrogens is 291 g/mol. The number of para-hydroxylation sites is 1. The van der Waals surface area contributed by atoms with Crippen LogP contribution in [-0.4, -0.2) is 9.38 Å². The van der Waals surface area contributed by atoms with Crippen LogP contribution in [0.15, 0.2) is 79.0 Å². The van der Waals surface area contributed by atoms with Gasteiger partial charge in [-0.1, -0.05) is 24.3 Å². The molecule has 0 spiro atoms. The third-order valence-corrected chi connectivity index (χ3v) is 3.56. The summed E-state index contributed by atoms with van der Waals surface area (Å²) in [6.45, 7) is 0. The smallest absolute Gasteiger partial charge is 0.232 e. The largest absolute Gasteiger partial charge is 0.438 e. The lowest BCUT2D eigenvalue weighted by atomic mass is 10.1. The second-order valence-electron chi connectivity index (χ2n) is 5.12. The Morgan fingerprint density at radius 1 is 0.826 bits per heavy atom. The van der Waals surface area contributed by atoms with Crippen LogP contribution in [0.2, 0.25) is 0 Å². The summed E-state index contributed by atoms with van der Waals surface area (Å²) in [5.74, 6) is 1.06. The molecule has 0 unspecified atom stereocenters. The van der Waals surface area contributed by atoms with Gasteiger partial charge in [-0.05, 0) is 48.5 Å². The topological polar surface area (TPSA) is 26.5 Å². The van der Waals surface area contributed by atoms with Crippen molar-refractivity contribution in [2.24, 2.45) is 0 Å². The lowest BCUT2D eigenvalue weighted by Gasteiger charge is -2.07. The Kier molecular flexibility index (Phi) is 3.27. The maximum Gasteiger partial charge on any atom is 0.232 e. The van der Waals surface area contributed by atoms with Crippen molar-refractivity contribution in [1.29, 1.82) is 0 Å². The van der Waals surface area contributed by atoms with Gasteiger partial charge in [-0.3, -0.25) is 4.40 Å². The number of halogens is 1. The second-order valence-corrected chi connectivity index (χ2v) is 5.12. The molecule has 0 N–H and O–H groups in total. The molecular formula is C19H13FN2O. The molecule has 2 aromatic carbocycles. The number of ether oxygens (including phenoxy) is 1. The number of imidazole rings is 1. The van der Waals surface area contributed by atoms with E-state index in [2.05, 4.69) is 4.98 Å². The Morgan fingerprint density at radius 2 is 1.57 bits per heavy atom. The van der Waals surface area contributed by atoms with Crippen molar-refractivity contribution in [1.82, 2.24) is 9.38 Å². The lowest BCUT2D eigenvalue weighted by Crippen LogP contribution is -1.91. The van der Waals surface area contributed by atoms with Gasteiger partial charge in [-0.15, -0.1) is 0 Å². The first-order valence-electron chi connectivity index (χ1n) is 7.27. The van der Waals surface area contributed by atoms with Gasteiger partial charge in [0.05, 0.1) is 0 Å². The number of benzene rings is 2. The van der Waals surface area contributed by atoms with Gasteiger partial charge >= 0.3 is 0 Å². The van der Waals surface area contributed by atoms with E-state index in [9.17, 15) is 4.39 Å². The zero-order chi connectivity index (χ0) is 15.6. The van der Waals surface area contributed by atoms with Crippen molar-refractivity contribution >= 4 is 5.65 Å². The standard InChI is InChI=1S/C19H13FN2O/c20-15-11-9-14(10-12-15)18-19(23-16-6-2-1-3-7-16)22-13-5-4-8-17(22)21-18/h1-13H. The van der Waals surface area contributed by atoms with Crippen LogP contribution < -0.4 is 4.74 Å². The maximum absolute atomic E-state index is 13.2. The van der Waals surface area contributed by atoms with Crippen LogP contribution in [-0.2, 0) is 0 Å². The van der Waals surface area contributed by atoms with Crippen LogP contribution >= 0.6 is 0 Å². The first-order valence-corrected chi connectivity index (χ1v) is 7.27. The van der Waals surface area contributed by atoms with Gasteiger partial charge in [0.2, 0.25) is 5.88 Å². The van der Waals surface area contributed by atoms with Crippen LogP contribution in [0.4, 0.5) is 4.39 Å². The lowest BCUT2D eigenvalue weighted by molar-refractivity contribution is 0.460. The molecule has 4 aromatic rings. The van der Waals surface area contributed by atoms with Gasteiger partial charge in [0.15, 0.2) is 0 Å². The Morgan fingerprint density at radius 3 is 2.35 bits per heavy atom. The molecule has 0 radical (unpaired) electrons. The quantitative estimate of drug-likeness (QED) is 0.536. The Hall–Kier alpha value is -3.14. The van der Waals surface area contributed by atoms with E-state index in [0.29, 0.717) is 11.6 Å². The first kappa shape index (κ1) is 13.5. The molecule has 2 heterocycles. The van der Waals surface area contributed by atoms with Crippen molar-refractivity contribution in [3.8, 4) is 22.9 Å². The van der Waals surface area contributed by atoms with E-state index in [4.69, 9.17) is 4.74 Å². The minimum Gasteiger partial charge on any atom is -0.438 e. The van der Waals surface area contributed by atoms with Gasteiger partial charge in [-0.2, -0.15) is 0 Å². The SMILES string of the molecule is Fc1ccc(-c2nc3ccccn3c2Oc2ccccc2)cc1. The molecule has 4 heteroatoms. The molecule has 0 amide bonds. The molecule has 0 aliphatic carbocycles. The molecule has 112 valence electrons. The number of rotatable bonds is 3. The first-order chi connectivity index (χ1) is 11.3. The summed E-state index contributed by atoms with van der Waals surface area (Å²) in [4.78, 5) is 4.62. The van der Waals surface area contributed by atoms with Gasteiger partial charge in [0.1, 0.15) is 22.9 Å². The molecule has 0 saturated carbocycles. The third-order valence-electron chi connectivity index (χ3n) is 3.56. The summed E-state index contributed by atoms with van der Waals surface area (Å²) in [6.07, 6.45) is 1.90. The van der Waals surface area contributed by atoms with Gasteiger partial charge in [0, 0.05) is 11.8 Å². The molecule has 2 aromatic heterocycles.